The normalized spacial score (nSPS) is 17.2. The minimum absolute atomic E-state index is 0.0453. The molecule has 346 valence electrons. The van der Waals surface area contributed by atoms with Crippen molar-refractivity contribution in [2.45, 2.75) is 110 Å². The zero-order valence-electron chi connectivity index (χ0n) is 42.2. The first-order chi connectivity index (χ1) is 33.5. The van der Waals surface area contributed by atoms with Crippen molar-refractivity contribution < 1.29 is 4.42 Å². The molecule has 8 aromatic carbocycles. The molecule has 10 aromatic rings. The molecule has 2 aromatic heterocycles. The highest BCUT2D eigenvalue weighted by molar-refractivity contribution is 7.25. The van der Waals surface area contributed by atoms with E-state index in [9.17, 15) is 0 Å². The van der Waals surface area contributed by atoms with Gasteiger partial charge in [0.25, 0.3) is 0 Å². The molecular weight excluding hydrogens is 868 g/mol. The number of hydrogen-bond acceptors (Lipinski definition) is 4. The van der Waals surface area contributed by atoms with Gasteiger partial charge in [0.2, 0.25) is 0 Å². The van der Waals surface area contributed by atoms with Crippen LogP contribution in [0.1, 0.15) is 109 Å². The van der Waals surface area contributed by atoms with Crippen LogP contribution in [-0.2, 0) is 21.7 Å². The monoisotopic (exact) mass is 928 g/mol. The van der Waals surface area contributed by atoms with E-state index in [-0.39, 0.29) is 21.7 Å². The number of nitrogens with zero attached hydrogens (tertiary/aromatic N) is 1. The fourth-order valence-electron chi connectivity index (χ4n) is 12.7. The van der Waals surface area contributed by atoms with Gasteiger partial charge in [0.05, 0.1) is 0 Å². The lowest BCUT2D eigenvalue weighted by molar-refractivity contribution is 0.332. The molecule has 70 heavy (non-hydrogen) atoms. The van der Waals surface area contributed by atoms with Gasteiger partial charge in [0.1, 0.15) is 11.2 Å². The second kappa shape index (κ2) is 15.2. The van der Waals surface area contributed by atoms with E-state index in [1.165, 1.54) is 99.9 Å². The minimum Gasteiger partial charge on any atom is -0.455 e. The van der Waals surface area contributed by atoms with E-state index in [2.05, 4.69) is 218 Å². The lowest BCUT2D eigenvalue weighted by Gasteiger charge is -2.43. The molecule has 0 saturated carbocycles. The van der Waals surface area contributed by atoms with Crippen LogP contribution in [0.25, 0.3) is 64.4 Å². The van der Waals surface area contributed by atoms with Crippen molar-refractivity contribution >= 4 is 100 Å². The van der Waals surface area contributed by atoms with Gasteiger partial charge >= 0.3 is 0 Å². The molecule has 2 aliphatic carbocycles. The third-order valence-electron chi connectivity index (χ3n) is 17.1. The molecule has 0 amide bonds. The zero-order valence-corrected chi connectivity index (χ0v) is 43.0. The van der Waals surface area contributed by atoms with Crippen LogP contribution in [0.4, 0.5) is 28.4 Å². The van der Waals surface area contributed by atoms with Gasteiger partial charge in [-0.2, -0.15) is 0 Å². The van der Waals surface area contributed by atoms with Gasteiger partial charge in [0, 0.05) is 70.5 Å². The second-order valence-electron chi connectivity index (χ2n) is 23.5. The average Bonchev–Trinajstić information content (AvgIpc) is 3.90. The standard InChI is InChI=1S/C65H61BN2OS/c1-38-31-48-50(65(8,9)30-29-63(48,4)5)37-54(38)68-53-26-23-40(39-17-11-10-12-18-39)32-51(53)66-60-55(68)35-45-42-19-13-15-21-56(42)69-61(45)59(60)46-36-58-44(43-20-14-16-22-57(43)70-58)34-52(46)67-41-24-25-47-49(33-41)64(6,7)28-27-62(47,2)3/h10-26,31-37,66-67H,27-30H2,1-9H3. The summed E-state index contributed by atoms with van der Waals surface area (Å²) in [5, 5.41) is 8.97. The van der Waals surface area contributed by atoms with Gasteiger partial charge in [-0.3, -0.25) is 0 Å². The summed E-state index contributed by atoms with van der Waals surface area (Å²) in [7, 11) is 0.749. The summed E-state index contributed by atoms with van der Waals surface area (Å²) in [5.74, 6) is 0. The van der Waals surface area contributed by atoms with Crippen LogP contribution in [0.15, 0.2) is 150 Å². The average molecular weight is 929 g/mol. The predicted molar refractivity (Wildman–Crippen MR) is 304 cm³/mol. The highest BCUT2D eigenvalue weighted by atomic mass is 32.1. The molecule has 0 unspecified atom stereocenters. The summed E-state index contributed by atoms with van der Waals surface area (Å²) in [6, 6.07) is 55.2. The van der Waals surface area contributed by atoms with E-state index in [1.807, 2.05) is 11.3 Å². The number of aryl methyl sites for hydroxylation is 1. The van der Waals surface area contributed by atoms with Gasteiger partial charge in [-0.1, -0.05) is 152 Å². The van der Waals surface area contributed by atoms with Crippen LogP contribution in [0, 0.1) is 6.92 Å². The lowest BCUT2D eigenvalue weighted by atomic mass is 9.57. The first-order valence-electron chi connectivity index (χ1n) is 25.5. The number of rotatable bonds is 5. The van der Waals surface area contributed by atoms with E-state index in [0.29, 0.717) is 0 Å². The Morgan fingerprint density at radius 1 is 0.514 bits per heavy atom. The number of benzene rings is 8. The van der Waals surface area contributed by atoms with E-state index < -0.39 is 0 Å². The summed E-state index contributed by atoms with van der Waals surface area (Å²) < 4.78 is 9.80. The van der Waals surface area contributed by atoms with Crippen LogP contribution in [-0.4, -0.2) is 7.28 Å². The Labute approximate surface area is 417 Å². The minimum atomic E-state index is 0.0453. The Hall–Kier alpha value is -6.56. The van der Waals surface area contributed by atoms with E-state index in [4.69, 9.17) is 4.42 Å². The number of thiophene rings is 1. The molecule has 0 saturated heterocycles. The van der Waals surface area contributed by atoms with Gasteiger partial charge < -0.3 is 14.6 Å². The molecular formula is C65H61BN2OS. The van der Waals surface area contributed by atoms with Crippen molar-refractivity contribution in [3.05, 3.63) is 173 Å². The molecule has 0 radical (unpaired) electrons. The van der Waals surface area contributed by atoms with E-state index in [1.54, 1.807) is 0 Å². The molecule has 3 heterocycles. The molecule has 1 N–H and O–H groups in total. The molecule has 0 spiro atoms. The summed E-state index contributed by atoms with van der Waals surface area (Å²) in [4.78, 5) is 2.62. The van der Waals surface area contributed by atoms with Crippen LogP contribution in [0.3, 0.4) is 0 Å². The third kappa shape index (κ3) is 6.67. The van der Waals surface area contributed by atoms with E-state index in [0.717, 1.165) is 64.6 Å². The number of para-hydroxylation sites is 1. The maximum absolute atomic E-state index is 7.23. The molecule has 0 bridgehead atoms. The maximum Gasteiger partial charge on any atom is 0.198 e. The van der Waals surface area contributed by atoms with Crippen molar-refractivity contribution in [2.75, 3.05) is 10.2 Å². The fraction of sp³-hybridized carbons (Fsp3) is 0.262. The Morgan fingerprint density at radius 2 is 1.17 bits per heavy atom. The van der Waals surface area contributed by atoms with Crippen molar-refractivity contribution in [1.82, 2.24) is 0 Å². The van der Waals surface area contributed by atoms with Crippen LogP contribution in [0.5, 0.6) is 0 Å². The van der Waals surface area contributed by atoms with Gasteiger partial charge in [-0.25, -0.2) is 0 Å². The van der Waals surface area contributed by atoms with Crippen LogP contribution in [0.2, 0.25) is 0 Å². The highest BCUT2D eigenvalue weighted by Crippen LogP contribution is 2.53. The summed E-state index contributed by atoms with van der Waals surface area (Å²) in [5.41, 5.74) is 22.6. The van der Waals surface area contributed by atoms with Crippen molar-refractivity contribution in [1.29, 1.82) is 0 Å². The second-order valence-corrected chi connectivity index (χ2v) is 24.6. The smallest absolute Gasteiger partial charge is 0.198 e. The van der Waals surface area contributed by atoms with Crippen molar-refractivity contribution in [3.63, 3.8) is 0 Å². The maximum atomic E-state index is 7.23. The first kappa shape index (κ1) is 43.5. The van der Waals surface area contributed by atoms with Gasteiger partial charge in [0.15, 0.2) is 7.28 Å². The number of anilines is 5. The number of hydrogen-bond donors (Lipinski definition) is 1. The van der Waals surface area contributed by atoms with Gasteiger partial charge in [-0.05, 0) is 153 Å². The molecule has 0 fully saturated rings. The topological polar surface area (TPSA) is 28.4 Å². The molecule has 3 nitrogen and oxygen atoms in total. The predicted octanol–water partition coefficient (Wildman–Crippen LogP) is 17.2. The number of furan rings is 1. The first-order valence-corrected chi connectivity index (χ1v) is 26.4. The zero-order chi connectivity index (χ0) is 48.1. The molecule has 3 aliphatic rings. The Bertz CT molecular complexity index is 3810. The summed E-state index contributed by atoms with van der Waals surface area (Å²) in [6.45, 7) is 21.8. The highest BCUT2D eigenvalue weighted by Gasteiger charge is 2.40. The Morgan fingerprint density at radius 3 is 1.93 bits per heavy atom. The van der Waals surface area contributed by atoms with Crippen LogP contribution >= 0.6 is 11.3 Å². The van der Waals surface area contributed by atoms with E-state index >= 15 is 0 Å². The van der Waals surface area contributed by atoms with Gasteiger partial charge in [-0.15, -0.1) is 11.3 Å². The third-order valence-corrected chi connectivity index (χ3v) is 18.3. The Kier molecular flexibility index (Phi) is 9.45. The van der Waals surface area contributed by atoms with Crippen molar-refractivity contribution in [2.24, 2.45) is 0 Å². The van der Waals surface area contributed by atoms with Crippen molar-refractivity contribution in [3.8, 4) is 22.3 Å². The molecule has 13 rings (SSSR count). The Balaban J connectivity index is 1.12. The van der Waals surface area contributed by atoms with Crippen LogP contribution < -0.4 is 21.1 Å². The summed E-state index contributed by atoms with van der Waals surface area (Å²) in [6.07, 6.45) is 4.69. The number of nitrogens with one attached hydrogen (secondary N) is 1. The molecule has 1 aliphatic heterocycles. The molecule has 5 heteroatoms. The lowest BCUT2D eigenvalue weighted by Crippen LogP contribution is -2.41. The fourth-order valence-corrected chi connectivity index (χ4v) is 13.9. The quantitative estimate of drug-likeness (QED) is 0.174. The SMILES string of the molecule is Cc1cc2c(cc1N1c3ccc(-c4ccccc4)cc3Bc3c1cc1c(oc4ccccc41)c3-c1cc3sc4ccccc4c3cc1Nc1ccc3c(c1)C(C)(C)CCC3(C)C)C(C)(C)CCC2(C)C. The summed E-state index contributed by atoms with van der Waals surface area (Å²) >= 11 is 1.88. The number of fused-ring (bicyclic) bond motifs is 10. The largest absolute Gasteiger partial charge is 0.455 e. The molecule has 0 atom stereocenters.